The van der Waals surface area contributed by atoms with E-state index in [2.05, 4.69) is 18.0 Å². The summed E-state index contributed by atoms with van der Waals surface area (Å²) < 4.78 is 0. The largest absolute Gasteiger partial charge is 0.302 e. The summed E-state index contributed by atoms with van der Waals surface area (Å²) in [5.74, 6) is 0.776. The van der Waals surface area contributed by atoms with Crippen molar-refractivity contribution in [1.29, 1.82) is 0 Å². The number of benzene rings is 1. The summed E-state index contributed by atoms with van der Waals surface area (Å²) in [6.45, 7) is 1.87. The molecule has 0 heterocycles. The molecule has 0 spiro atoms. The number of hydrogen-bond acceptors (Lipinski definition) is 2. The minimum absolute atomic E-state index is 0.312. The molecule has 1 saturated carbocycles. The monoisotopic (exact) mass is 265 g/mol. The van der Waals surface area contributed by atoms with Gasteiger partial charge < -0.3 is 4.90 Å². The zero-order valence-corrected chi connectivity index (χ0v) is 11.6. The lowest BCUT2D eigenvalue weighted by molar-refractivity contribution is -0.120. The molecule has 3 heteroatoms. The Hall–Kier alpha value is -0.860. The summed E-state index contributed by atoms with van der Waals surface area (Å²) in [4.78, 5) is 13.8. The number of Topliss-reactive ketones (excluding diaryl/α,β-unsaturated/α-hetero) is 1. The molecule has 1 aliphatic carbocycles. The van der Waals surface area contributed by atoms with Crippen LogP contribution in [-0.2, 0) is 11.3 Å². The normalized spacial score (nSPS) is 19.7. The van der Waals surface area contributed by atoms with Gasteiger partial charge in [0.1, 0.15) is 5.78 Å². The van der Waals surface area contributed by atoms with Crippen LogP contribution in [0.4, 0.5) is 0 Å². The van der Waals surface area contributed by atoms with E-state index in [1.807, 2.05) is 18.2 Å². The molecule has 0 aromatic heterocycles. The van der Waals surface area contributed by atoms with Crippen LogP contribution in [-0.4, -0.2) is 24.3 Å². The molecular formula is C15H20ClNO. The van der Waals surface area contributed by atoms with Gasteiger partial charge in [0.05, 0.1) is 0 Å². The lowest BCUT2D eigenvalue weighted by Crippen LogP contribution is -2.22. The van der Waals surface area contributed by atoms with Gasteiger partial charge in [-0.25, -0.2) is 0 Å². The third-order valence-electron chi connectivity index (χ3n) is 3.63. The van der Waals surface area contributed by atoms with E-state index in [0.29, 0.717) is 11.7 Å². The van der Waals surface area contributed by atoms with Crippen LogP contribution in [0.5, 0.6) is 0 Å². The number of rotatable bonds is 5. The molecule has 2 nitrogen and oxygen atoms in total. The maximum atomic E-state index is 11.6. The summed E-state index contributed by atoms with van der Waals surface area (Å²) in [7, 11) is 2.10. The second-order valence-electron chi connectivity index (χ2n) is 5.21. The van der Waals surface area contributed by atoms with Crippen LogP contribution in [0.1, 0.15) is 31.2 Å². The van der Waals surface area contributed by atoms with Gasteiger partial charge in [0.25, 0.3) is 0 Å². The number of ketones is 1. The Labute approximate surface area is 114 Å². The lowest BCUT2D eigenvalue weighted by atomic mass is 10.0. The third-order valence-corrected chi connectivity index (χ3v) is 3.87. The highest BCUT2D eigenvalue weighted by molar-refractivity contribution is 6.30. The Balaban J connectivity index is 1.78. The fourth-order valence-electron chi connectivity index (χ4n) is 2.60. The summed E-state index contributed by atoms with van der Waals surface area (Å²) in [6, 6.07) is 7.95. The summed E-state index contributed by atoms with van der Waals surface area (Å²) in [5.41, 5.74) is 1.22. The van der Waals surface area contributed by atoms with Crippen molar-refractivity contribution in [1.82, 2.24) is 4.90 Å². The average molecular weight is 266 g/mol. The van der Waals surface area contributed by atoms with E-state index in [-0.39, 0.29) is 0 Å². The molecule has 1 unspecified atom stereocenters. The van der Waals surface area contributed by atoms with Crippen molar-refractivity contribution in [2.24, 2.45) is 5.92 Å². The molecule has 1 fully saturated rings. The van der Waals surface area contributed by atoms with Crippen molar-refractivity contribution in [2.45, 2.75) is 32.2 Å². The Bertz CT molecular complexity index is 419. The van der Waals surface area contributed by atoms with Gasteiger partial charge in [0.2, 0.25) is 0 Å². The molecule has 0 radical (unpaired) electrons. The molecule has 0 bridgehead atoms. The van der Waals surface area contributed by atoms with E-state index in [0.717, 1.165) is 43.8 Å². The quantitative estimate of drug-likeness (QED) is 0.812. The van der Waals surface area contributed by atoms with E-state index >= 15 is 0 Å². The highest BCUT2D eigenvalue weighted by Gasteiger charge is 2.23. The highest BCUT2D eigenvalue weighted by Crippen LogP contribution is 2.24. The topological polar surface area (TPSA) is 20.3 Å². The van der Waals surface area contributed by atoms with E-state index in [1.54, 1.807) is 0 Å². The van der Waals surface area contributed by atoms with Crippen molar-refractivity contribution >= 4 is 17.4 Å². The first-order chi connectivity index (χ1) is 8.65. The van der Waals surface area contributed by atoms with Crippen LogP contribution in [0.25, 0.3) is 0 Å². The second kappa shape index (κ2) is 6.35. The fraction of sp³-hybridized carbons (Fsp3) is 0.533. The number of hydrogen-bond donors (Lipinski definition) is 0. The first-order valence-electron chi connectivity index (χ1n) is 6.61. The lowest BCUT2D eigenvalue weighted by Gasteiger charge is -2.18. The predicted molar refractivity (Wildman–Crippen MR) is 74.8 cm³/mol. The van der Waals surface area contributed by atoms with Crippen molar-refractivity contribution in [3.8, 4) is 0 Å². The van der Waals surface area contributed by atoms with Gasteiger partial charge in [0, 0.05) is 23.9 Å². The molecule has 0 aliphatic heterocycles. The van der Waals surface area contributed by atoms with Gasteiger partial charge in [-0.2, -0.15) is 0 Å². The minimum atomic E-state index is 0.312. The molecule has 1 aromatic carbocycles. The molecule has 0 N–H and O–H groups in total. The van der Waals surface area contributed by atoms with Crippen molar-refractivity contribution in [3.63, 3.8) is 0 Å². The first-order valence-corrected chi connectivity index (χ1v) is 6.98. The van der Waals surface area contributed by atoms with Crippen molar-refractivity contribution < 1.29 is 4.79 Å². The third kappa shape index (κ3) is 3.82. The van der Waals surface area contributed by atoms with Gasteiger partial charge in [-0.05, 0) is 50.6 Å². The van der Waals surface area contributed by atoms with Crippen LogP contribution in [0, 0.1) is 5.92 Å². The minimum Gasteiger partial charge on any atom is -0.302 e. The van der Waals surface area contributed by atoms with Gasteiger partial charge in [-0.1, -0.05) is 23.7 Å². The maximum absolute atomic E-state index is 11.6. The molecule has 0 saturated heterocycles. The number of carbonyl (C=O) groups is 1. The van der Waals surface area contributed by atoms with Crippen molar-refractivity contribution in [3.05, 3.63) is 34.9 Å². The number of carbonyl (C=O) groups excluding carboxylic acids is 1. The maximum Gasteiger partial charge on any atom is 0.136 e. The van der Waals surface area contributed by atoms with E-state index in [1.165, 1.54) is 5.56 Å². The van der Waals surface area contributed by atoms with Crippen LogP contribution in [0.2, 0.25) is 5.02 Å². The number of halogens is 1. The molecule has 1 atom stereocenters. The Morgan fingerprint density at radius 1 is 1.44 bits per heavy atom. The average Bonchev–Trinajstić information content (AvgIpc) is 2.72. The van der Waals surface area contributed by atoms with Gasteiger partial charge in [-0.3, -0.25) is 4.79 Å². The molecule has 1 aromatic rings. The predicted octanol–water partition coefficient (Wildman–Crippen LogP) is 3.53. The summed E-state index contributed by atoms with van der Waals surface area (Å²) in [5, 5.41) is 0.784. The Morgan fingerprint density at radius 2 is 2.28 bits per heavy atom. The SMILES string of the molecule is CN(CCC1CCCC1=O)Cc1cccc(Cl)c1. The van der Waals surface area contributed by atoms with Gasteiger partial charge >= 0.3 is 0 Å². The molecule has 1 aliphatic rings. The van der Waals surface area contributed by atoms with Crippen LogP contribution in [0.3, 0.4) is 0 Å². The van der Waals surface area contributed by atoms with E-state index in [4.69, 9.17) is 11.6 Å². The van der Waals surface area contributed by atoms with Crippen molar-refractivity contribution in [2.75, 3.05) is 13.6 Å². The Morgan fingerprint density at radius 3 is 2.94 bits per heavy atom. The second-order valence-corrected chi connectivity index (χ2v) is 5.65. The molecule has 18 heavy (non-hydrogen) atoms. The van der Waals surface area contributed by atoms with Gasteiger partial charge in [-0.15, -0.1) is 0 Å². The Kier molecular flexibility index (Phi) is 4.79. The smallest absolute Gasteiger partial charge is 0.136 e. The van der Waals surface area contributed by atoms with E-state index in [9.17, 15) is 4.79 Å². The highest BCUT2D eigenvalue weighted by atomic mass is 35.5. The van der Waals surface area contributed by atoms with Crippen LogP contribution in [0.15, 0.2) is 24.3 Å². The van der Waals surface area contributed by atoms with E-state index < -0.39 is 0 Å². The molecule has 2 rings (SSSR count). The number of nitrogens with zero attached hydrogens (tertiary/aromatic N) is 1. The summed E-state index contributed by atoms with van der Waals surface area (Å²) >= 11 is 5.96. The van der Waals surface area contributed by atoms with Gasteiger partial charge in [0.15, 0.2) is 0 Å². The zero-order valence-electron chi connectivity index (χ0n) is 10.9. The zero-order chi connectivity index (χ0) is 13.0. The molecule has 0 amide bonds. The molecule has 98 valence electrons. The van der Waals surface area contributed by atoms with Crippen LogP contribution >= 0.6 is 11.6 Å². The standard InChI is InChI=1S/C15H20ClNO/c1-17(9-8-13-5-3-7-15(13)18)11-12-4-2-6-14(16)10-12/h2,4,6,10,13H,3,5,7-9,11H2,1H3. The summed E-state index contributed by atoms with van der Waals surface area (Å²) in [6.07, 6.45) is 3.96. The molecular weight excluding hydrogens is 246 g/mol. The van der Waals surface area contributed by atoms with Crippen LogP contribution < -0.4 is 0 Å². The fourth-order valence-corrected chi connectivity index (χ4v) is 2.81. The first kappa shape index (κ1) is 13.6.